The molecule has 0 aliphatic carbocycles. The highest BCUT2D eigenvalue weighted by Gasteiger charge is 2.28. The van der Waals surface area contributed by atoms with E-state index < -0.39 is 5.97 Å². The predicted octanol–water partition coefficient (Wildman–Crippen LogP) is 6.16. The normalized spacial score (nSPS) is 14.3. The molecule has 1 aliphatic rings. The highest BCUT2D eigenvalue weighted by Crippen LogP contribution is 2.38. The molecule has 0 bridgehead atoms. The first-order valence-electron chi connectivity index (χ1n) is 13.6. The smallest absolute Gasteiger partial charge is 0.341 e. The summed E-state index contributed by atoms with van der Waals surface area (Å²) in [6.07, 6.45) is 0. The molecule has 0 spiro atoms. The third-order valence-electron chi connectivity index (χ3n) is 7.49. The fourth-order valence-corrected chi connectivity index (χ4v) is 6.38. The van der Waals surface area contributed by atoms with E-state index in [1.54, 1.807) is 0 Å². The van der Waals surface area contributed by atoms with Gasteiger partial charge in [-0.05, 0) is 36.1 Å². The van der Waals surface area contributed by atoms with Gasteiger partial charge in [-0.25, -0.2) is 4.79 Å². The van der Waals surface area contributed by atoms with E-state index in [9.17, 15) is 9.59 Å². The van der Waals surface area contributed by atoms with E-state index in [4.69, 9.17) is 4.74 Å². The Balaban J connectivity index is 1.26. The van der Waals surface area contributed by atoms with Crippen molar-refractivity contribution in [3.05, 3.63) is 112 Å². The number of amides is 1. The van der Waals surface area contributed by atoms with Crippen LogP contribution in [0.25, 0.3) is 11.1 Å². The summed E-state index contributed by atoms with van der Waals surface area (Å²) in [5.41, 5.74) is 6.88. The van der Waals surface area contributed by atoms with E-state index in [-0.39, 0.29) is 18.5 Å². The van der Waals surface area contributed by atoms with Crippen LogP contribution in [0.3, 0.4) is 0 Å². The fraction of sp³-hybridized carbons (Fsp3) is 0.273. The number of hydrogen-bond acceptors (Lipinski definition) is 6. The van der Waals surface area contributed by atoms with Gasteiger partial charge >= 0.3 is 5.97 Å². The van der Waals surface area contributed by atoms with Crippen molar-refractivity contribution >= 4 is 28.2 Å². The van der Waals surface area contributed by atoms with Crippen molar-refractivity contribution in [2.45, 2.75) is 19.9 Å². The molecule has 1 fully saturated rings. The number of hydrogen-bond donors (Lipinski definition) is 1. The van der Waals surface area contributed by atoms with Crippen molar-refractivity contribution in [2.75, 3.05) is 45.2 Å². The quantitative estimate of drug-likeness (QED) is 0.265. The third kappa shape index (κ3) is 6.17. The Hall–Kier alpha value is -3.78. The third-order valence-corrected chi connectivity index (χ3v) is 8.38. The topological polar surface area (TPSA) is 61.9 Å². The standard InChI is InChI=1S/C33H35N3O3S/c1-23-14-15-24(2)27(20-23)28-22-40-32(30(28)33(38)39-3)34-29(37)21-35-16-18-36(19-17-35)31(25-10-6-4-7-11-25)26-12-8-5-9-13-26/h4-15,20,22,31H,16-19,21H2,1-3H3,(H,34,37). The Morgan fingerprint density at radius 1 is 0.875 bits per heavy atom. The first-order valence-corrected chi connectivity index (χ1v) is 14.5. The number of nitrogens with zero attached hydrogens (tertiary/aromatic N) is 2. The molecule has 40 heavy (non-hydrogen) atoms. The van der Waals surface area contributed by atoms with E-state index in [1.807, 2.05) is 43.5 Å². The summed E-state index contributed by atoms with van der Waals surface area (Å²) in [6.45, 7) is 7.59. The Kier molecular flexibility index (Phi) is 8.75. The van der Waals surface area contributed by atoms with Crippen LogP contribution in [0.2, 0.25) is 0 Å². The predicted molar refractivity (Wildman–Crippen MR) is 162 cm³/mol. The zero-order valence-corrected chi connectivity index (χ0v) is 24.0. The lowest BCUT2D eigenvalue weighted by Gasteiger charge is -2.39. The lowest BCUT2D eigenvalue weighted by atomic mass is 9.96. The number of benzene rings is 3. The van der Waals surface area contributed by atoms with Gasteiger partial charge < -0.3 is 10.1 Å². The molecule has 0 unspecified atom stereocenters. The second-order valence-corrected chi connectivity index (χ2v) is 11.1. The zero-order chi connectivity index (χ0) is 28.1. The minimum absolute atomic E-state index is 0.129. The highest BCUT2D eigenvalue weighted by atomic mass is 32.1. The van der Waals surface area contributed by atoms with Crippen LogP contribution < -0.4 is 5.32 Å². The molecular weight excluding hydrogens is 518 g/mol. The van der Waals surface area contributed by atoms with Gasteiger partial charge in [-0.15, -0.1) is 11.3 Å². The number of thiophene rings is 1. The van der Waals surface area contributed by atoms with Gasteiger partial charge in [-0.1, -0.05) is 84.4 Å². The average molecular weight is 554 g/mol. The van der Waals surface area contributed by atoms with Crippen molar-refractivity contribution in [3.63, 3.8) is 0 Å². The number of ether oxygens (including phenoxy) is 1. The molecule has 2 heterocycles. The van der Waals surface area contributed by atoms with E-state index >= 15 is 0 Å². The molecule has 1 aromatic heterocycles. The summed E-state index contributed by atoms with van der Waals surface area (Å²) in [4.78, 5) is 30.6. The van der Waals surface area contributed by atoms with Crippen LogP contribution in [-0.4, -0.2) is 61.5 Å². The van der Waals surface area contributed by atoms with Crippen molar-refractivity contribution < 1.29 is 14.3 Å². The summed E-state index contributed by atoms with van der Waals surface area (Å²) >= 11 is 1.36. The number of nitrogens with one attached hydrogen (secondary N) is 1. The number of carbonyl (C=O) groups excluding carboxylic acids is 2. The zero-order valence-electron chi connectivity index (χ0n) is 23.2. The van der Waals surface area contributed by atoms with Crippen LogP contribution >= 0.6 is 11.3 Å². The molecule has 0 saturated carbocycles. The number of carbonyl (C=O) groups is 2. The molecule has 1 saturated heterocycles. The molecule has 206 valence electrons. The van der Waals surface area contributed by atoms with Crippen LogP contribution in [0.5, 0.6) is 0 Å². The number of anilines is 1. The molecule has 4 aromatic rings. The van der Waals surface area contributed by atoms with Gasteiger partial charge in [-0.2, -0.15) is 0 Å². The maximum Gasteiger partial charge on any atom is 0.341 e. The van der Waals surface area contributed by atoms with E-state index in [0.29, 0.717) is 10.6 Å². The highest BCUT2D eigenvalue weighted by molar-refractivity contribution is 7.15. The first kappa shape index (κ1) is 27.8. The summed E-state index contributed by atoms with van der Waals surface area (Å²) < 4.78 is 5.11. The summed E-state index contributed by atoms with van der Waals surface area (Å²) in [5, 5.41) is 5.46. The Morgan fingerprint density at radius 2 is 1.50 bits per heavy atom. The van der Waals surface area contributed by atoms with Crippen LogP contribution in [0.1, 0.15) is 38.7 Å². The molecule has 6 nitrogen and oxygen atoms in total. The SMILES string of the molecule is COC(=O)c1c(-c2cc(C)ccc2C)csc1NC(=O)CN1CCN(C(c2ccccc2)c2ccccc2)CC1. The average Bonchev–Trinajstić information content (AvgIpc) is 3.39. The van der Waals surface area contributed by atoms with Gasteiger partial charge in [0.15, 0.2) is 0 Å². The van der Waals surface area contributed by atoms with Gasteiger partial charge in [0.1, 0.15) is 10.6 Å². The molecule has 1 aliphatic heterocycles. The molecule has 1 N–H and O–H groups in total. The van der Waals surface area contributed by atoms with Gasteiger partial charge in [0.05, 0.1) is 19.7 Å². The van der Waals surface area contributed by atoms with Gasteiger partial charge in [0.2, 0.25) is 5.91 Å². The first-order chi connectivity index (χ1) is 19.4. The van der Waals surface area contributed by atoms with Crippen LogP contribution in [-0.2, 0) is 9.53 Å². The van der Waals surface area contributed by atoms with Crippen molar-refractivity contribution in [1.29, 1.82) is 0 Å². The summed E-state index contributed by atoms with van der Waals surface area (Å²) in [6, 6.07) is 27.5. The molecule has 0 radical (unpaired) electrons. The molecule has 5 rings (SSSR count). The number of methoxy groups -OCH3 is 1. The van der Waals surface area contributed by atoms with Gasteiger partial charge in [0, 0.05) is 37.1 Å². The van der Waals surface area contributed by atoms with Crippen LogP contribution in [0.15, 0.2) is 84.2 Å². The lowest BCUT2D eigenvalue weighted by molar-refractivity contribution is -0.117. The van der Waals surface area contributed by atoms with E-state index in [2.05, 4.69) is 69.7 Å². The molecular formula is C33H35N3O3S. The molecule has 3 aromatic carbocycles. The summed E-state index contributed by atoms with van der Waals surface area (Å²) in [5.74, 6) is -0.579. The van der Waals surface area contributed by atoms with Crippen molar-refractivity contribution in [3.8, 4) is 11.1 Å². The molecule has 0 atom stereocenters. The summed E-state index contributed by atoms with van der Waals surface area (Å²) in [7, 11) is 1.37. The Morgan fingerprint density at radius 3 is 2.10 bits per heavy atom. The fourth-order valence-electron chi connectivity index (χ4n) is 5.41. The number of rotatable bonds is 8. The van der Waals surface area contributed by atoms with Crippen LogP contribution in [0, 0.1) is 13.8 Å². The molecule has 7 heteroatoms. The van der Waals surface area contributed by atoms with Crippen molar-refractivity contribution in [2.24, 2.45) is 0 Å². The maximum absolute atomic E-state index is 13.2. The largest absolute Gasteiger partial charge is 0.465 e. The van der Waals surface area contributed by atoms with E-state index in [1.165, 1.54) is 29.6 Å². The maximum atomic E-state index is 13.2. The van der Waals surface area contributed by atoms with Gasteiger partial charge in [-0.3, -0.25) is 14.6 Å². The second-order valence-electron chi connectivity index (χ2n) is 10.2. The minimum Gasteiger partial charge on any atom is -0.465 e. The Bertz CT molecular complexity index is 1420. The monoisotopic (exact) mass is 553 g/mol. The minimum atomic E-state index is -0.450. The van der Waals surface area contributed by atoms with Gasteiger partial charge in [0.25, 0.3) is 0 Å². The van der Waals surface area contributed by atoms with E-state index in [0.717, 1.165) is 48.4 Å². The Labute approximate surface area is 240 Å². The lowest BCUT2D eigenvalue weighted by Crippen LogP contribution is -2.49. The number of piperazine rings is 1. The number of aryl methyl sites for hydroxylation is 2. The van der Waals surface area contributed by atoms with Crippen molar-refractivity contribution in [1.82, 2.24) is 9.80 Å². The number of esters is 1. The molecule has 1 amide bonds. The second kappa shape index (κ2) is 12.6. The van der Waals surface area contributed by atoms with Crippen LogP contribution in [0.4, 0.5) is 5.00 Å².